The number of carbonyl (C=O) groups is 1. The largest absolute Gasteiger partial charge is 0.482 e. The first-order valence-corrected chi connectivity index (χ1v) is 9.50. The maximum Gasteiger partial charge on any atom is 0.344 e. The van der Waals surface area contributed by atoms with E-state index in [1.165, 1.54) is 22.5 Å². The molecule has 0 bridgehead atoms. The highest BCUT2D eigenvalue weighted by molar-refractivity contribution is 7.92. The number of hydrogen-bond donors (Lipinski definition) is 0. The molecule has 0 aliphatic heterocycles. The molecular formula is C19H21NO5S. The number of rotatable bonds is 9. The molecule has 0 amide bonds. The topological polar surface area (TPSA) is 72.9 Å². The minimum absolute atomic E-state index is 0.0958. The molecule has 0 aromatic heterocycles. The number of hydrogen-bond acceptors (Lipinski definition) is 5. The van der Waals surface area contributed by atoms with Crippen molar-refractivity contribution >= 4 is 21.7 Å². The number of ether oxygens (including phenoxy) is 2. The van der Waals surface area contributed by atoms with Crippen LogP contribution in [0.1, 0.15) is 6.92 Å². The zero-order valence-corrected chi connectivity index (χ0v) is 15.3. The molecule has 0 unspecified atom stereocenters. The number of sulfonamides is 1. The Morgan fingerprint density at radius 2 is 1.88 bits per heavy atom. The lowest BCUT2D eigenvalue weighted by Crippen LogP contribution is -2.31. The molecule has 0 spiro atoms. The van der Waals surface area contributed by atoms with Gasteiger partial charge in [0.25, 0.3) is 10.0 Å². The molecule has 7 heteroatoms. The van der Waals surface area contributed by atoms with Crippen LogP contribution in [0.4, 0.5) is 5.69 Å². The normalized spacial score (nSPS) is 10.8. The minimum Gasteiger partial charge on any atom is -0.482 e. The molecule has 2 aromatic rings. The van der Waals surface area contributed by atoms with Crippen LogP contribution in [0, 0.1) is 0 Å². The number of benzene rings is 2. The smallest absolute Gasteiger partial charge is 0.344 e. The van der Waals surface area contributed by atoms with Crippen LogP contribution < -0.4 is 9.04 Å². The van der Waals surface area contributed by atoms with E-state index in [2.05, 4.69) is 6.58 Å². The zero-order chi connectivity index (χ0) is 19.0. The van der Waals surface area contributed by atoms with Crippen LogP contribution in [0.3, 0.4) is 0 Å². The molecule has 2 aromatic carbocycles. The van der Waals surface area contributed by atoms with Gasteiger partial charge in [-0.25, -0.2) is 13.2 Å². The average molecular weight is 375 g/mol. The van der Waals surface area contributed by atoms with Crippen LogP contribution >= 0.6 is 0 Å². The van der Waals surface area contributed by atoms with Crippen molar-refractivity contribution in [3.8, 4) is 5.75 Å². The third-order valence-corrected chi connectivity index (χ3v) is 5.20. The Labute approximate surface area is 153 Å². The number of nitrogens with zero attached hydrogens (tertiary/aromatic N) is 1. The van der Waals surface area contributed by atoms with E-state index in [4.69, 9.17) is 9.47 Å². The summed E-state index contributed by atoms with van der Waals surface area (Å²) in [6, 6.07) is 14.7. The number of carbonyl (C=O) groups excluding carboxylic acids is 1. The van der Waals surface area contributed by atoms with Gasteiger partial charge in [-0.1, -0.05) is 30.3 Å². The van der Waals surface area contributed by atoms with E-state index in [0.29, 0.717) is 11.4 Å². The molecule has 0 radical (unpaired) electrons. The first-order chi connectivity index (χ1) is 12.5. The predicted octanol–water partition coefficient (Wildman–Crippen LogP) is 3.01. The molecule has 6 nitrogen and oxygen atoms in total. The third-order valence-electron chi connectivity index (χ3n) is 3.39. The van der Waals surface area contributed by atoms with Gasteiger partial charge in [-0.15, -0.1) is 6.58 Å². The summed E-state index contributed by atoms with van der Waals surface area (Å²) in [5.74, 6) is -0.120. The Balaban J connectivity index is 2.29. The SMILES string of the molecule is C=CCN(c1cccc(OCC(=O)OCC)c1)S(=O)(=O)c1ccccc1. The Morgan fingerprint density at radius 1 is 1.15 bits per heavy atom. The van der Waals surface area contributed by atoms with Crippen LogP contribution in [-0.4, -0.2) is 34.1 Å². The van der Waals surface area contributed by atoms with Crippen LogP contribution in [0.25, 0.3) is 0 Å². The Bertz CT molecular complexity index is 849. The highest BCUT2D eigenvalue weighted by Gasteiger charge is 2.24. The maximum absolute atomic E-state index is 12.9. The molecule has 26 heavy (non-hydrogen) atoms. The summed E-state index contributed by atoms with van der Waals surface area (Å²) in [7, 11) is -3.76. The fourth-order valence-electron chi connectivity index (χ4n) is 2.25. The van der Waals surface area contributed by atoms with E-state index in [0.717, 1.165) is 0 Å². The van der Waals surface area contributed by atoms with Crippen molar-refractivity contribution in [3.05, 3.63) is 67.3 Å². The van der Waals surface area contributed by atoms with Crippen molar-refractivity contribution in [2.24, 2.45) is 0 Å². The summed E-state index contributed by atoms with van der Waals surface area (Å²) in [4.78, 5) is 11.6. The molecule has 0 saturated carbocycles. The van der Waals surface area contributed by atoms with E-state index in [1.807, 2.05) is 0 Å². The minimum atomic E-state index is -3.76. The van der Waals surface area contributed by atoms with Crippen LogP contribution in [0.15, 0.2) is 72.1 Å². The number of esters is 1. The van der Waals surface area contributed by atoms with Crippen molar-refractivity contribution in [1.29, 1.82) is 0 Å². The second-order valence-corrected chi connectivity index (χ2v) is 7.09. The Kier molecular flexibility index (Phi) is 6.80. The standard InChI is InChI=1S/C19H21NO5S/c1-3-13-20(26(22,23)18-11-6-5-7-12-18)16-9-8-10-17(14-16)25-15-19(21)24-4-2/h3,5-12,14H,1,4,13,15H2,2H3. The monoisotopic (exact) mass is 375 g/mol. The van der Waals surface area contributed by atoms with Crippen molar-refractivity contribution in [1.82, 2.24) is 0 Å². The molecule has 0 saturated heterocycles. The average Bonchev–Trinajstić information content (AvgIpc) is 2.65. The molecule has 0 heterocycles. The zero-order valence-electron chi connectivity index (χ0n) is 14.5. The summed E-state index contributed by atoms with van der Waals surface area (Å²) in [5.41, 5.74) is 0.412. The second kappa shape index (κ2) is 9.05. The van der Waals surface area contributed by atoms with Gasteiger partial charge in [0.05, 0.1) is 23.7 Å². The molecule has 138 valence electrons. The molecule has 0 aliphatic rings. The van der Waals surface area contributed by atoms with Gasteiger partial charge in [-0.3, -0.25) is 4.31 Å². The molecule has 0 aliphatic carbocycles. The van der Waals surface area contributed by atoms with Gasteiger partial charge in [0.2, 0.25) is 0 Å². The lowest BCUT2D eigenvalue weighted by atomic mass is 10.3. The van der Waals surface area contributed by atoms with E-state index >= 15 is 0 Å². The first kappa shape index (κ1) is 19.5. The fourth-order valence-corrected chi connectivity index (χ4v) is 3.70. The quantitative estimate of drug-likeness (QED) is 0.498. The highest BCUT2D eigenvalue weighted by Crippen LogP contribution is 2.27. The van der Waals surface area contributed by atoms with Gasteiger partial charge in [0.15, 0.2) is 6.61 Å². The van der Waals surface area contributed by atoms with Gasteiger partial charge in [0.1, 0.15) is 5.75 Å². The lowest BCUT2D eigenvalue weighted by Gasteiger charge is -2.23. The number of anilines is 1. The third kappa shape index (κ3) is 4.86. The molecular weight excluding hydrogens is 354 g/mol. The highest BCUT2D eigenvalue weighted by atomic mass is 32.2. The molecule has 2 rings (SSSR count). The van der Waals surface area contributed by atoms with E-state index in [-0.39, 0.29) is 24.7 Å². The van der Waals surface area contributed by atoms with Crippen molar-refractivity contribution in [2.45, 2.75) is 11.8 Å². The predicted molar refractivity (Wildman–Crippen MR) is 99.7 cm³/mol. The summed E-state index contributed by atoms with van der Waals surface area (Å²) < 4.78 is 37.3. The van der Waals surface area contributed by atoms with E-state index in [9.17, 15) is 13.2 Å². The van der Waals surface area contributed by atoms with Crippen LogP contribution in [0.2, 0.25) is 0 Å². The molecule has 0 N–H and O–H groups in total. The molecule has 0 fully saturated rings. The maximum atomic E-state index is 12.9. The van der Waals surface area contributed by atoms with Crippen molar-refractivity contribution < 1.29 is 22.7 Å². The first-order valence-electron chi connectivity index (χ1n) is 8.06. The fraction of sp³-hybridized carbons (Fsp3) is 0.211. The second-order valence-electron chi connectivity index (χ2n) is 5.23. The lowest BCUT2D eigenvalue weighted by molar-refractivity contribution is -0.145. The Hall–Kier alpha value is -2.80. The summed E-state index contributed by atoms with van der Waals surface area (Å²) >= 11 is 0. The van der Waals surface area contributed by atoms with Crippen LogP contribution in [0.5, 0.6) is 5.75 Å². The van der Waals surface area contributed by atoms with Gasteiger partial charge < -0.3 is 9.47 Å². The van der Waals surface area contributed by atoms with Gasteiger partial charge in [-0.2, -0.15) is 0 Å². The Morgan fingerprint density at radius 3 is 2.54 bits per heavy atom. The van der Waals surface area contributed by atoms with Crippen LogP contribution in [-0.2, 0) is 19.6 Å². The van der Waals surface area contributed by atoms with Crippen molar-refractivity contribution in [2.75, 3.05) is 24.1 Å². The van der Waals surface area contributed by atoms with Crippen molar-refractivity contribution in [3.63, 3.8) is 0 Å². The van der Waals surface area contributed by atoms with Gasteiger partial charge in [-0.05, 0) is 31.2 Å². The van der Waals surface area contributed by atoms with Gasteiger partial charge >= 0.3 is 5.97 Å². The van der Waals surface area contributed by atoms with Gasteiger partial charge in [0, 0.05) is 6.07 Å². The van der Waals surface area contributed by atoms with E-state index in [1.54, 1.807) is 49.4 Å². The summed E-state index contributed by atoms with van der Waals surface area (Å²) in [6.07, 6.45) is 1.51. The van der Waals surface area contributed by atoms with E-state index < -0.39 is 16.0 Å². The summed E-state index contributed by atoms with van der Waals surface area (Å²) in [6.45, 7) is 5.46. The molecule has 0 atom stereocenters. The summed E-state index contributed by atoms with van der Waals surface area (Å²) in [5, 5.41) is 0.